The minimum absolute atomic E-state index is 0.173. The van der Waals surface area contributed by atoms with E-state index in [-0.39, 0.29) is 18.7 Å². The van der Waals surface area contributed by atoms with Gasteiger partial charge in [-0.15, -0.1) is 10.2 Å². The number of anilines is 1. The standard InChI is InChI=1S/C20H22F2N6O2S/c1-14-11-15(2)28(25-14)20-6-5-19(23-24-20)26-7-9-27(10-8-26)31(29,30)13-16-12-17(21)3-4-18(16)22/h3-6,11-12H,7-10,13H2,1-2H3. The second-order valence-electron chi connectivity index (χ2n) is 7.47. The summed E-state index contributed by atoms with van der Waals surface area (Å²) in [5, 5.41) is 12.9. The summed E-state index contributed by atoms with van der Waals surface area (Å²) in [6.45, 7) is 5.12. The molecule has 1 aliphatic heterocycles. The van der Waals surface area contributed by atoms with Crippen molar-refractivity contribution in [3.63, 3.8) is 0 Å². The van der Waals surface area contributed by atoms with E-state index < -0.39 is 27.4 Å². The Hall–Kier alpha value is -2.92. The molecule has 0 radical (unpaired) electrons. The third-order valence-corrected chi connectivity index (χ3v) is 6.99. The maximum absolute atomic E-state index is 13.9. The molecule has 0 atom stereocenters. The highest BCUT2D eigenvalue weighted by molar-refractivity contribution is 7.88. The minimum Gasteiger partial charge on any atom is -0.352 e. The van der Waals surface area contributed by atoms with Crippen molar-refractivity contribution in [2.45, 2.75) is 19.6 Å². The van der Waals surface area contributed by atoms with Crippen LogP contribution in [0.5, 0.6) is 0 Å². The number of piperazine rings is 1. The van der Waals surface area contributed by atoms with E-state index in [9.17, 15) is 17.2 Å². The lowest BCUT2D eigenvalue weighted by atomic mass is 10.2. The number of hydrogen-bond acceptors (Lipinski definition) is 6. The fourth-order valence-electron chi connectivity index (χ4n) is 3.60. The number of sulfonamides is 1. The van der Waals surface area contributed by atoms with Crippen molar-refractivity contribution in [2.24, 2.45) is 0 Å². The number of aryl methyl sites for hydroxylation is 2. The van der Waals surface area contributed by atoms with Crippen LogP contribution in [0.25, 0.3) is 5.82 Å². The quantitative estimate of drug-likeness (QED) is 0.595. The van der Waals surface area contributed by atoms with Gasteiger partial charge in [0.1, 0.15) is 11.6 Å². The fourth-order valence-corrected chi connectivity index (χ4v) is 5.11. The number of nitrogens with zero attached hydrogens (tertiary/aromatic N) is 6. The van der Waals surface area contributed by atoms with E-state index in [0.717, 1.165) is 29.6 Å². The van der Waals surface area contributed by atoms with Gasteiger partial charge in [0.25, 0.3) is 0 Å². The second-order valence-corrected chi connectivity index (χ2v) is 9.44. The molecule has 0 bridgehead atoms. The van der Waals surface area contributed by atoms with E-state index in [2.05, 4.69) is 15.3 Å². The Morgan fingerprint density at radius 2 is 1.61 bits per heavy atom. The predicted molar refractivity (Wildman–Crippen MR) is 111 cm³/mol. The molecular weight excluding hydrogens is 426 g/mol. The SMILES string of the molecule is Cc1cc(C)n(-c2ccc(N3CCN(S(=O)(=O)Cc4cc(F)ccc4F)CC3)nn2)n1. The Kier molecular flexibility index (Phi) is 5.71. The fraction of sp³-hybridized carbons (Fsp3) is 0.350. The molecular formula is C20H22F2N6O2S. The highest BCUT2D eigenvalue weighted by Crippen LogP contribution is 2.20. The van der Waals surface area contributed by atoms with Crippen LogP contribution in [0.4, 0.5) is 14.6 Å². The Labute approximate surface area is 179 Å². The highest BCUT2D eigenvalue weighted by atomic mass is 32.2. The summed E-state index contributed by atoms with van der Waals surface area (Å²) in [5.41, 5.74) is 1.67. The molecule has 3 aromatic rings. The Morgan fingerprint density at radius 1 is 0.935 bits per heavy atom. The van der Waals surface area contributed by atoms with Crippen LogP contribution in [0, 0.1) is 25.5 Å². The first-order chi connectivity index (χ1) is 14.7. The number of rotatable bonds is 5. The van der Waals surface area contributed by atoms with E-state index in [0.29, 0.717) is 24.7 Å². The van der Waals surface area contributed by atoms with Gasteiger partial charge in [-0.3, -0.25) is 0 Å². The summed E-state index contributed by atoms with van der Waals surface area (Å²) in [6.07, 6.45) is 0. The number of benzene rings is 1. The van der Waals surface area contributed by atoms with Crippen LogP contribution in [-0.4, -0.2) is 58.9 Å². The number of aromatic nitrogens is 4. The van der Waals surface area contributed by atoms with Crippen LogP contribution in [-0.2, 0) is 15.8 Å². The third-order valence-electron chi connectivity index (χ3n) is 5.16. The largest absolute Gasteiger partial charge is 0.352 e. The normalized spacial score (nSPS) is 15.4. The number of hydrogen-bond donors (Lipinski definition) is 0. The van der Waals surface area contributed by atoms with E-state index in [1.165, 1.54) is 4.31 Å². The lowest BCUT2D eigenvalue weighted by Crippen LogP contribution is -2.49. The van der Waals surface area contributed by atoms with Crippen LogP contribution in [0.2, 0.25) is 0 Å². The summed E-state index contributed by atoms with van der Waals surface area (Å²) in [6, 6.07) is 8.41. The van der Waals surface area contributed by atoms with Crippen molar-refractivity contribution >= 4 is 15.8 Å². The first-order valence-corrected chi connectivity index (χ1v) is 11.4. The van der Waals surface area contributed by atoms with Gasteiger partial charge in [0, 0.05) is 37.4 Å². The molecule has 0 aliphatic carbocycles. The molecule has 2 aromatic heterocycles. The van der Waals surface area contributed by atoms with Gasteiger partial charge >= 0.3 is 0 Å². The first kappa shape index (κ1) is 21.3. The van der Waals surface area contributed by atoms with E-state index in [1.54, 1.807) is 4.68 Å². The summed E-state index contributed by atoms with van der Waals surface area (Å²) in [7, 11) is -3.77. The lowest BCUT2D eigenvalue weighted by Gasteiger charge is -2.34. The Morgan fingerprint density at radius 3 is 2.23 bits per heavy atom. The van der Waals surface area contributed by atoms with E-state index >= 15 is 0 Å². The maximum Gasteiger partial charge on any atom is 0.218 e. The monoisotopic (exact) mass is 448 g/mol. The molecule has 1 aromatic carbocycles. The van der Waals surface area contributed by atoms with Crippen LogP contribution in [0.15, 0.2) is 36.4 Å². The lowest BCUT2D eigenvalue weighted by molar-refractivity contribution is 0.382. The van der Waals surface area contributed by atoms with Gasteiger partial charge in [0.2, 0.25) is 10.0 Å². The zero-order valence-corrected chi connectivity index (χ0v) is 18.0. The van der Waals surface area contributed by atoms with E-state index in [4.69, 9.17) is 0 Å². The van der Waals surface area contributed by atoms with Gasteiger partial charge in [-0.1, -0.05) is 0 Å². The summed E-state index contributed by atoms with van der Waals surface area (Å²) < 4.78 is 55.6. The molecule has 8 nitrogen and oxygen atoms in total. The summed E-state index contributed by atoms with van der Waals surface area (Å²) in [4.78, 5) is 1.94. The molecule has 1 saturated heterocycles. The second kappa shape index (κ2) is 8.31. The van der Waals surface area contributed by atoms with Crippen LogP contribution >= 0.6 is 0 Å². The Bertz CT molecular complexity index is 1190. The van der Waals surface area contributed by atoms with Gasteiger partial charge < -0.3 is 4.90 Å². The number of halogens is 2. The van der Waals surface area contributed by atoms with Gasteiger partial charge in [-0.2, -0.15) is 9.40 Å². The minimum atomic E-state index is -3.77. The summed E-state index contributed by atoms with van der Waals surface area (Å²) in [5.74, 6) is -0.736. The molecule has 0 N–H and O–H groups in total. The average molecular weight is 448 g/mol. The highest BCUT2D eigenvalue weighted by Gasteiger charge is 2.28. The molecule has 11 heteroatoms. The Balaban J connectivity index is 1.41. The predicted octanol–water partition coefficient (Wildman–Crippen LogP) is 2.21. The molecule has 1 aliphatic rings. The first-order valence-electron chi connectivity index (χ1n) is 9.77. The molecule has 0 spiro atoms. The van der Waals surface area contributed by atoms with Crippen molar-refractivity contribution in [1.82, 2.24) is 24.3 Å². The van der Waals surface area contributed by atoms with Crippen molar-refractivity contribution in [1.29, 1.82) is 0 Å². The summed E-state index contributed by atoms with van der Waals surface area (Å²) >= 11 is 0. The van der Waals surface area contributed by atoms with Gasteiger partial charge in [-0.25, -0.2) is 21.9 Å². The van der Waals surface area contributed by atoms with Crippen molar-refractivity contribution < 1.29 is 17.2 Å². The molecule has 0 saturated carbocycles. The third kappa shape index (κ3) is 4.57. The topological polar surface area (TPSA) is 84.2 Å². The zero-order valence-electron chi connectivity index (χ0n) is 17.2. The molecule has 164 valence electrons. The van der Waals surface area contributed by atoms with Gasteiger partial charge in [-0.05, 0) is 50.2 Å². The molecule has 1 fully saturated rings. The molecule has 0 unspecified atom stereocenters. The zero-order chi connectivity index (χ0) is 22.2. The molecule has 4 rings (SSSR count). The van der Waals surface area contributed by atoms with Gasteiger partial charge in [0.15, 0.2) is 11.6 Å². The van der Waals surface area contributed by atoms with Crippen LogP contribution in [0.1, 0.15) is 17.0 Å². The molecule has 31 heavy (non-hydrogen) atoms. The van der Waals surface area contributed by atoms with Crippen LogP contribution in [0.3, 0.4) is 0 Å². The van der Waals surface area contributed by atoms with Gasteiger partial charge in [0.05, 0.1) is 11.4 Å². The average Bonchev–Trinajstić information content (AvgIpc) is 3.09. The van der Waals surface area contributed by atoms with E-state index in [1.807, 2.05) is 36.9 Å². The maximum atomic E-state index is 13.9. The smallest absolute Gasteiger partial charge is 0.218 e. The van der Waals surface area contributed by atoms with Crippen molar-refractivity contribution in [3.8, 4) is 5.82 Å². The molecule has 3 heterocycles. The van der Waals surface area contributed by atoms with Crippen molar-refractivity contribution in [3.05, 3.63) is 65.0 Å². The molecule has 0 amide bonds. The van der Waals surface area contributed by atoms with Crippen molar-refractivity contribution in [2.75, 3.05) is 31.1 Å². The van der Waals surface area contributed by atoms with Crippen LogP contribution < -0.4 is 4.90 Å².